The number of nitrogens with zero attached hydrogens (tertiary/aromatic N) is 2. The number of amides is 1. The van der Waals surface area contributed by atoms with Gasteiger partial charge in [-0.25, -0.2) is 8.42 Å². The number of rotatable bonds is 8. The van der Waals surface area contributed by atoms with Gasteiger partial charge in [-0.2, -0.15) is 0 Å². The molecule has 1 atom stereocenters. The summed E-state index contributed by atoms with van der Waals surface area (Å²) >= 11 is 1.61. The van der Waals surface area contributed by atoms with E-state index in [1.165, 1.54) is 0 Å². The second-order valence-electron chi connectivity index (χ2n) is 7.54. The number of piperidine rings is 1. The van der Waals surface area contributed by atoms with Crippen molar-refractivity contribution in [2.75, 3.05) is 44.4 Å². The van der Waals surface area contributed by atoms with E-state index in [1.54, 1.807) is 11.3 Å². The van der Waals surface area contributed by atoms with Gasteiger partial charge in [-0.05, 0) is 56.6 Å². The van der Waals surface area contributed by atoms with Crippen molar-refractivity contribution in [1.82, 2.24) is 9.80 Å². The zero-order chi connectivity index (χ0) is 19.3. The minimum absolute atomic E-state index is 0.0498. The Bertz CT molecular complexity index is 697. The molecule has 2 fully saturated rings. The number of carbonyl (C=O) groups is 1. The van der Waals surface area contributed by atoms with Crippen LogP contribution in [-0.4, -0.2) is 74.5 Å². The first kappa shape index (κ1) is 20.8. The highest BCUT2D eigenvalue weighted by molar-refractivity contribution is 7.91. The minimum atomic E-state index is -3.02. The predicted octanol–water partition coefficient (Wildman–Crippen LogP) is 2.01. The molecule has 1 aromatic heterocycles. The Labute approximate surface area is 166 Å². The van der Waals surface area contributed by atoms with Gasteiger partial charge in [0.2, 0.25) is 5.91 Å². The normalized spacial score (nSPS) is 23.5. The van der Waals surface area contributed by atoms with Crippen molar-refractivity contribution in [3.63, 3.8) is 0 Å². The SMILES string of the molecule is CCOCC1CCN(CC(=O)N(Cc2cccs2)C2CCS(=O)(=O)C2)CC1. The van der Waals surface area contributed by atoms with Gasteiger partial charge in [-0.15, -0.1) is 11.3 Å². The largest absolute Gasteiger partial charge is 0.381 e. The molecule has 0 aromatic carbocycles. The first-order valence-corrected chi connectivity index (χ1v) is 12.5. The number of carbonyl (C=O) groups excluding carboxylic acids is 1. The zero-order valence-corrected chi connectivity index (χ0v) is 17.6. The Hall–Kier alpha value is -0.960. The number of hydrogen-bond donors (Lipinski definition) is 0. The van der Waals surface area contributed by atoms with Crippen LogP contribution < -0.4 is 0 Å². The molecule has 3 heterocycles. The Kier molecular flexibility index (Phi) is 7.30. The first-order valence-electron chi connectivity index (χ1n) is 9.79. The van der Waals surface area contributed by atoms with Crippen LogP contribution in [0.15, 0.2) is 17.5 Å². The molecule has 152 valence electrons. The maximum atomic E-state index is 13.1. The summed E-state index contributed by atoms with van der Waals surface area (Å²) in [6.45, 7) is 6.27. The lowest BCUT2D eigenvalue weighted by atomic mass is 9.98. The van der Waals surface area contributed by atoms with Gasteiger partial charge in [0.05, 0.1) is 24.6 Å². The quantitative estimate of drug-likeness (QED) is 0.651. The third kappa shape index (κ3) is 6.01. The van der Waals surface area contributed by atoms with E-state index in [0.29, 0.717) is 25.4 Å². The molecule has 0 spiro atoms. The van der Waals surface area contributed by atoms with E-state index in [4.69, 9.17) is 4.74 Å². The number of hydrogen-bond acceptors (Lipinski definition) is 6. The smallest absolute Gasteiger partial charge is 0.237 e. The molecule has 3 rings (SSSR count). The van der Waals surface area contributed by atoms with E-state index in [1.807, 2.05) is 29.3 Å². The molecular weight excluding hydrogens is 384 g/mol. The number of sulfone groups is 1. The van der Waals surface area contributed by atoms with Crippen LogP contribution in [0.5, 0.6) is 0 Å². The van der Waals surface area contributed by atoms with Crippen molar-refractivity contribution in [2.45, 2.75) is 38.8 Å². The molecule has 8 heteroatoms. The van der Waals surface area contributed by atoms with Gasteiger partial charge in [0.15, 0.2) is 9.84 Å². The summed E-state index contributed by atoms with van der Waals surface area (Å²) in [6.07, 6.45) is 2.65. The molecule has 2 aliphatic rings. The minimum Gasteiger partial charge on any atom is -0.381 e. The third-order valence-electron chi connectivity index (χ3n) is 5.50. The van der Waals surface area contributed by atoms with Crippen LogP contribution in [0.1, 0.15) is 31.1 Å². The Morgan fingerprint density at radius 2 is 2.11 bits per heavy atom. The van der Waals surface area contributed by atoms with E-state index >= 15 is 0 Å². The summed E-state index contributed by atoms with van der Waals surface area (Å²) in [5, 5.41) is 1.99. The maximum Gasteiger partial charge on any atom is 0.237 e. The monoisotopic (exact) mass is 414 g/mol. The van der Waals surface area contributed by atoms with E-state index in [2.05, 4.69) is 4.90 Å². The summed E-state index contributed by atoms with van der Waals surface area (Å²) in [5.41, 5.74) is 0. The van der Waals surface area contributed by atoms with Crippen LogP contribution in [0, 0.1) is 5.92 Å². The average Bonchev–Trinajstić information content (AvgIpc) is 3.28. The summed E-state index contributed by atoms with van der Waals surface area (Å²) in [6, 6.07) is 3.78. The lowest BCUT2D eigenvalue weighted by Gasteiger charge is -2.34. The van der Waals surface area contributed by atoms with Crippen molar-refractivity contribution < 1.29 is 17.9 Å². The standard InChI is InChI=1S/C19H30N2O4S2/c1-2-25-14-16-5-8-20(9-6-16)13-19(22)21(12-18-4-3-10-26-18)17-7-11-27(23,24)15-17/h3-4,10,16-17H,2,5-9,11-15H2,1H3. The average molecular weight is 415 g/mol. The van der Waals surface area contributed by atoms with Crippen LogP contribution >= 0.6 is 11.3 Å². The summed E-state index contributed by atoms with van der Waals surface area (Å²) < 4.78 is 29.4. The van der Waals surface area contributed by atoms with Crippen LogP contribution in [0.3, 0.4) is 0 Å². The third-order valence-corrected chi connectivity index (χ3v) is 8.11. The van der Waals surface area contributed by atoms with Gasteiger partial charge >= 0.3 is 0 Å². The summed E-state index contributed by atoms with van der Waals surface area (Å²) in [4.78, 5) is 18.2. The van der Waals surface area contributed by atoms with Crippen LogP contribution in [-0.2, 0) is 25.9 Å². The van der Waals surface area contributed by atoms with Crippen LogP contribution in [0.4, 0.5) is 0 Å². The predicted molar refractivity (Wildman–Crippen MR) is 108 cm³/mol. The van der Waals surface area contributed by atoms with Crippen molar-refractivity contribution in [2.24, 2.45) is 5.92 Å². The van der Waals surface area contributed by atoms with Crippen LogP contribution in [0.25, 0.3) is 0 Å². The summed E-state index contributed by atoms with van der Waals surface area (Å²) in [7, 11) is -3.02. The van der Waals surface area contributed by atoms with Crippen molar-refractivity contribution in [1.29, 1.82) is 0 Å². The molecule has 0 N–H and O–H groups in total. The Morgan fingerprint density at radius 3 is 2.70 bits per heavy atom. The van der Waals surface area contributed by atoms with Crippen molar-refractivity contribution in [3.8, 4) is 0 Å². The van der Waals surface area contributed by atoms with Gasteiger partial charge in [0.1, 0.15) is 0 Å². The van der Waals surface area contributed by atoms with Crippen molar-refractivity contribution >= 4 is 27.1 Å². The molecule has 6 nitrogen and oxygen atoms in total. The van der Waals surface area contributed by atoms with Gasteiger partial charge in [0.25, 0.3) is 0 Å². The topological polar surface area (TPSA) is 66.9 Å². The summed E-state index contributed by atoms with van der Waals surface area (Å²) in [5.74, 6) is 0.919. The fourth-order valence-corrected chi connectivity index (χ4v) is 6.32. The number of thiophene rings is 1. The van der Waals surface area contributed by atoms with E-state index in [9.17, 15) is 13.2 Å². The number of ether oxygens (including phenoxy) is 1. The molecule has 2 aliphatic heterocycles. The fraction of sp³-hybridized carbons (Fsp3) is 0.737. The van der Waals surface area contributed by atoms with Gasteiger partial charge in [0, 0.05) is 24.1 Å². The van der Waals surface area contributed by atoms with E-state index in [0.717, 1.165) is 44.0 Å². The maximum absolute atomic E-state index is 13.1. The lowest BCUT2D eigenvalue weighted by Crippen LogP contribution is -2.47. The molecule has 0 radical (unpaired) electrons. The number of likely N-dealkylation sites (tertiary alicyclic amines) is 1. The Morgan fingerprint density at radius 1 is 1.33 bits per heavy atom. The molecule has 1 aromatic rings. The molecule has 27 heavy (non-hydrogen) atoms. The molecular formula is C19H30N2O4S2. The molecule has 1 amide bonds. The highest BCUT2D eigenvalue weighted by Gasteiger charge is 2.35. The van der Waals surface area contributed by atoms with Gasteiger partial charge < -0.3 is 9.64 Å². The van der Waals surface area contributed by atoms with Crippen molar-refractivity contribution in [3.05, 3.63) is 22.4 Å². The second kappa shape index (κ2) is 9.49. The fourth-order valence-electron chi connectivity index (χ4n) is 3.89. The second-order valence-corrected chi connectivity index (χ2v) is 10.8. The lowest BCUT2D eigenvalue weighted by molar-refractivity contribution is -0.135. The zero-order valence-electron chi connectivity index (χ0n) is 16.0. The van der Waals surface area contributed by atoms with Crippen LogP contribution in [0.2, 0.25) is 0 Å². The van der Waals surface area contributed by atoms with Gasteiger partial charge in [-0.3, -0.25) is 9.69 Å². The van der Waals surface area contributed by atoms with E-state index < -0.39 is 9.84 Å². The first-order chi connectivity index (χ1) is 13.0. The Balaban J connectivity index is 1.58. The van der Waals surface area contributed by atoms with Gasteiger partial charge in [-0.1, -0.05) is 6.07 Å². The molecule has 0 aliphatic carbocycles. The highest BCUT2D eigenvalue weighted by atomic mass is 32.2. The molecule has 0 saturated carbocycles. The van der Waals surface area contributed by atoms with E-state index in [-0.39, 0.29) is 23.5 Å². The molecule has 1 unspecified atom stereocenters. The molecule has 0 bridgehead atoms. The molecule has 2 saturated heterocycles. The highest BCUT2D eigenvalue weighted by Crippen LogP contribution is 2.23.